The first-order chi connectivity index (χ1) is 6.36. The summed E-state index contributed by atoms with van der Waals surface area (Å²) in [7, 11) is -3.96. The van der Waals surface area contributed by atoms with E-state index in [0.717, 1.165) is 5.57 Å². The Kier molecular flexibility index (Phi) is 1.73. The molecule has 0 atom stereocenters. The monoisotopic (exact) mass is 216 g/mol. The minimum atomic E-state index is -3.96. The highest BCUT2D eigenvalue weighted by molar-refractivity contribution is 7.83. The van der Waals surface area contributed by atoms with Crippen molar-refractivity contribution in [2.45, 2.75) is 19.6 Å². The molecule has 6 heteroatoms. The summed E-state index contributed by atoms with van der Waals surface area (Å²) in [6.07, 6.45) is 2.91. The Labute approximate surface area is 81.3 Å². The standard InChI is InChI=1S/C8H8O5S/c1-5-3-4-8(7(9)6(5)2)12-14(10,11)13-8/h3-4H,1-2H3. The minimum Gasteiger partial charge on any atom is -0.288 e. The Balaban J connectivity index is 2.38. The first kappa shape index (κ1) is 9.57. The maximum atomic E-state index is 11.6. The van der Waals surface area contributed by atoms with Crippen LogP contribution in [0.25, 0.3) is 0 Å². The lowest BCUT2D eigenvalue weighted by atomic mass is 9.94. The molecule has 1 spiro atoms. The second-order valence-electron chi connectivity index (χ2n) is 3.21. The summed E-state index contributed by atoms with van der Waals surface area (Å²) in [5.41, 5.74) is 1.22. The van der Waals surface area contributed by atoms with E-state index in [1.807, 2.05) is 0 Å². The van der Waals surface area contributed by atoms with E-state index in [9.17, 15) is 13.2 Å². The molecule has 0 bridgehead atoms. The summed E-state index contributed by atoms with van der Waals surface area (Å²) in [6, 6.07) is 0. The molecule has 0 aromatic carbocycles. The lowest BCUT2D eigenvalue weighted by Crippen LogP contribution is -2.56. The predicted octanol–water partition coefficient (Wildman–Crippen LogP) is 0.450. The van der Waals surface area contributed by atoms with E-state index < -0.39 is 22.0 Å². The number of Topliss-reactive ketones (excluding diaryl/α,β-unsaturated/α-hetero) is 1. The smallest absolute Gasteiger partial charge is 0.288 e. The molecule has 0 aromatic heterocycles. The third-order valence-corrected chi connectivity index (χ3v) is 3.16. The van der Waals surface area contributed by atoms with Gasteiger partial charge in [-0.15, -0.1) is 0 Å². The van der Waals surface area contributed by atoms with Crippen LogP contribution in [0.1, 0.15) is 13.8 Å². The second kappa shape index (κ2) is 2.53. The van der Waals surface area contributed by atoms with Gasteiger partial charge in [0.2, 0.25) is 5.78 Å². The second-order valence-corrected chi connectivity index (χ2v) is 4.36. The lowest BCUT2D eigenvalue weighted by Gasteiger charge is -2.36. The normalized spacial score (nSPS) is 28.0. The largest absolute Gasteiger partial charge is 0.406 e. The number of hydrogen-bond donors (Lipinski definition) is 0. The zero-order chi connectivity index (χ0) is 10.6. The van der Waals surface area contributed by atoms with Gasteiger partial charge in [0.05, 0.1) is 0 Å². The van der Waals surface area contributed by atoms with Gasteiger partial charge in [-0.05, 0) is 25.5 Å². The summed E-state index contributed by atoms with van der Waals surface area (Å²) in [6.45, 7) is 3.35. The van der Waals surface area contributed by atoms with Crippen molar-refractivity contribution >= 4 is 16.2 Å². The van der Waals surface area contributed by atoms with Crippen LogP contribution in [0.5, 0.6) is 0 Å². The zero-order valence-corrected chi connectivity index (χ0v) is 8.42. The fourth-order valence-corrected chi connectivity index (χ4v) is 2.20. The summed E-state index contributed by atoms with van der Waals surface area (Å²) >= 11 is 0. The fourth-order valence-electron chi connectivity index (χ4n) is 1.32. The molecule has 5 nitrogen and oxygen atoms in total. The van der Waals surface area contributed by atoms with E-state index >= 15 is 0 Å². The molecule has 0 N–H and O–H groups in total. The van der Waals surface area contributed by atoms with Crippen LogP contribution >= 0.6 is 0 Å². The van der Waals surface area contributed by atoms with Gasteiger partial charge in [0.25, 0.3) is 5.79 Å². The van der Waals surface area contributed by atoms with Crippen LogP contribution < -0.4 is 0 Å². The van der Waals surface area contributed by atoms with Gasteiger partial charge in [0.1, 0.15) is 0 Å². The first-order valence-electron chi connectivity index (χ1n) is 3.94. The Morgan fingerprint density at radius 1 is 1.29 bits per heavy atom. The molecule has 0 radical (unpaired) electrons. The van der Waals surface area contributed by atoms with Crippen molar-refractivity contribution in [1.82, 2.24) is 0 Å². The fraction of sp³-hybridized carbons (Fsp3) is 0.375. The SMILES string of the molecule is CC1=C(C)C(=O)C2(C=C1)OS(=O)(=O)O2. The maximum absolute atomic E-state index is 11.6. The van der Waals surface area contributed by atoms with Gasteiger partial charge in [-0.2, -0.15) is 16.8 Å². The van der Waals surface area contributed by atoms with Crippen molar-refractivity contribution in [3.05, 3.63) is 23.3 Å². The molecule has 0 saturated carbocycles. The molecule has 2 aliphatic rings. The molecule has 1 heterocycles. The van der Waals surface area contributed by atoms with Gasteiger partial charge in [0, 0.05) is 5.57 Å². The van der Waals surface area contributed by atoms with E-state index in [1.54, 1.807) is 19.9 Å². The van der Waals surface area contributed by atoms with Crippen LogP contribution in [-0.2, 0) is 23.6 Å². The molecule has 0 unspecified atom stereocenters. The van der Waals surface area contributed by atoms with Crippen molar-refractivity contribution in [2.75, 3.05) is 0 Å². The molecule has 0 amide bonds. The van der Waals surface area contributed by atoms with Crippen LogP contribution in [0.15, 0.2) is 23.3 Å². The Morgan fingerprint density at radius 2 is 1.86 bits per heavy atom. The molecule has 0 aromatic rings. The maximum Gasteiger partial charge on any atom is 0.406 e. The molecular weight excluding hydrogens is 208 g/mol. The minimum absolute atomic E-state index is 0.447. The third kappa shape index (κ3) is 1.15. The van der Waals surface area contributed by atoms with E-state index in [-0.39, 0.29) is 0 Å². The summed E-state index contributed by atoms with van der Waals surface area (Å²) in [4.78, 5) is 11.6. The molecular formula is C8H8O5S. The number of allylic oxidation sites excluding steroid dienone is 2. The van der Waals surface area contributed by atoms with Crippen LogP contribution in [0.2, 0.25) is 0 Å². The highest BCUT2D eigenvalue weighted by Gasteiger charge is 2.57. The number of hydrogen-bond acceptors (Lipinski definition) is 5. The average Bonchev–Trinajstić information content (AvgIpc) is 2.05. The topological polar surface area (TPSA) is 69.7 Å². The highest BCUT2D eigenvalue weighted by atomic mass is 32.3. The van der Waals surface area contributed by atoms with Gasteiger partial charge in [0.15, 0.2) is 0 Å². The van der Waals surface area contributed by atoms with Crippen molar-refractivity contribution < 1.29 is 21.6 Å². The summed E-state index contributed by atoms with van der Waals surface area (Å²) in [5.74, 6) is -2.19. The first-order valence-corrected chi connectivity index (χ1v) is 5.27. The van der Waals surface area contributed by atoms with Crippen molar-refractivity contribution in [3.63, 3.8) is 0 Å². The summed E-state index contributed by atoms with van der Waals surface area (Å²) < 4.78 is 30.2. The molecule has 14 heavy (non-hydrogen) atoms. The van der Waals surface area contributed by atoms with Gasteiger partial charge >= 0.3 is 10.4 Å². The summed E-state index contributed by atoms with van der Waals surface area (Å²) in [5, 5.41) is 0. The van der Waals surface area contributed by atoms with Crippen LogP contribution in [0.4, 0.5) is 0 Å². The molecule has 76 valence electrons. The van der Waals surface area contributed by atoms with Gasteiger partial charge in [-0.1, -0.05) is 6.08 Å². The highest BCUT2D eigenvalue weighted by Crippen LogP contribution is 2.38. The molecule has 2 rings (SSSR count). The van der Waals surface area contributed by atoms with Crippen molar-refractivity contribution in [2.24, 2.45) is 0 Å². The van der Waals surface area contributed by atoms with Crippen molar-refractivity contribution in [1.29, 1.82) is 0 Å². The van der Waals surface area contributed by atoms with E-state index in [2.05, 4.69) is 8.37 Å². The molecule has 1 aliphatic heterocycles. The number of ketones is 1. The predicted molar refractivity (Wildman–Crippen MR) is 46.3 cm³/mol. The van der Waals surface area contributed by atoms with E-state index in [4.69, 9.17) is 0 Å². The average molecular weight is 216 g/mol. The van der Waals surface area contributed by atoms with Gasteiger partial charge in [-0.25, -0.2) is 0 Å². The van der Waals surface area contributed by atoms with E-state index in [0.29, 0.717) is 5.57 Å². The quantitative estimate of drug-likeness (QED) is 0.588. The van der Waals surface area contributed by atoms with Gasteiger partial charge in [-0.3, -0.25) is 4.79 Å². The van der Waals surface area contributed by atoms with Gasteiger partial charge < -0.3 is 0 Å². The Hall–Kier alpha value is -0.980. The van der Waals surface area contributed by atoms with Crippen LogP contribution in [-0.4, -0.2) is 20.0 Å². The number of rotatable bonds is 0. The molecule has 1 aliphatic carbocycles. The lowest BCUT2D eigenvalue weighted by molar-refractivity contribution is -0.172. The zero-order valence-electron chi connectivity index (χ0n) is 7.60. The van der Waals surface area contributed by atoms with Crippen molar-refractivity contribution in [3.8, 4) is 0 Å². The third-order valence-electron chi connectivity index (χ3n) is 2.25. The molecule has 1 fully saturated rings. The van der Waals surface area contributed by atoms with Crippen LogP contribution in [0.3, 0.4) is 0 Å². The Morgan fingerprint density at radius 3 is 2.36 bits per heavy atom. The Bertz CT molecular complexity index is 456. The number of carbonyl (C=O) groups is 1. The van der Waals surface area contributed by atoms with Crippen LogP contribution in [0, 0.1) is 0 Å². The van der Waals surface area contributed by atoms with E-state index in [1.165, 1.54) is 6.08 Å². The molecule has 1 saturated heterocycles. The number of carbonyl (C=O) groups excluding carboxylic acids is 1.